The van der Waals surface area contributed by atoms with E-state index in [0.717, 1.165) is 31.0 Å². The van der Waals surface area contributed by atoms with Crippen LogP contribution in [0.2, 0.25) is 0 Å². The molecule has 1 aromatic rings. The zero-order valence-corrected chi connectivity index (χ0v) is 13.1. The highest BCUT2D eigenvalue weighted by atomic mass is 16.2. The Morgan fingerprint density at radius 2 is 1.95 bits per heavy atom. The van der Waals surface area contributed by atoms with Crippen LogP contribution in [0, 0.1) is 0 Å². The van der Waals surface area contributed by atoms with Crippen molar-refractivity contribution >= 4 is 17.3 Å². The zero-order valence-electron chi connectivity index (χ0n) is 13.1. The molecule has 3 rings (SSSR count). The quantitative estimate of drug-likeness (QED) is 0.850. The van der Waals surface area contributed by atoms with Gasteiger partial charge in [0.05, 0.1) is 6.54 Å². The van der Waals surface area contributed by atoms with E-state index in [0.29, 0.717) is 6.54 Å². The van der Waals surface area contributed by atoms with E-state index < -0.39 is 0 Å². The molecule has 21 heavy (non-hydrogen) atoms. The summed E-state index contributed by atoms with van der Waals surface area (Å²) in [5.74, 6) is 0.203. The van der Waals surface area contributed by atoms with Crippen LogP contribution in [0.4, 0.5) is 11.4 Å². The number of amides is 1. The van der Waals surface area contributed by atoms with E-state index in [1.807, 2.05) is 17.0 Å². The molecule has 2 heterocycles. The molecule has 1 saturated heterocycles. The Bertz CT molecular complexity index is 547. The van der Waals surface area contributed by atoms with Crippen LogP contribution >= 0.6 is 0 Å². The number of carbonyl (C=O) groups excluding carboxylic acids is 1. The number of likely N-dealkylation sites (tertiary alicyclic amines) is 1. The van der Waals surface area contributed by atoms with Crippen LogP contribution in [0.15, 0.2) is 18.2 Å². The molecule has 0 saturated carbocycles. The molecule has 0 aliphatic carbocycles. The predicted molar refractivity (Wildman–Crippen MR) is 86.5 cm³/mol. The number of fused-ring (bicyclic) bond motifs is 1. The monoisotopic (exact) mass is 287 g/mol. The first-order valence-electron chi connectivity index (χ1n) is 7.90. The summed E-state index contributed by atoms with van der Waals surface area (Å²) in [5.41, 5.74) is 8.87. The van der Waals surface area contributed by atoms with Gasteiger partial charge in [0.15, 0.2) is 0 Å². The van der Waals surface area contributed by atoms with Crippen molar-refractivity contribution in [1.82, 2.24) is 4.90 Å². The molecule has 114 valence electrons. The molecule has 1 fully saturated rings. The normalized spacial score (nSPS) is 21.3. The molecule has 0 bridgehead atoms. The van der Waals surface area contributed by atoms with Gasteiger partial charge >= 0.3 is 0 Å². The van der Waals surface area contributed by atoms with Crippen LogP contribution < -0.4 is 10.6 Å². The Morgan fingerprint density at radius 1 is 1.24 bits per heavy atom. The minimum atomic E-state index is 0.000587. The molecular formula is C17H25N3O. The number of nitrogens with zero attached hydrogens (tertiary/aromatic N) is 2. The number of carbonyl (C=O) groups is 1. The van der Waals surface area contributed by atoms with Crippen molar-refractivity contribution in [2.24, 2.45) is 0 Å². The van der Waals surface area contributed by atoms with Crippen LogP contribution in [0.25, 0.3) is 0 Å². The van der Waals surface area contributed by atoms with E-state index in [2.05, 4.69) is 24.8 Å². The number of nitrogen functional groups attached to an aromatic ring is 1. The van der Waals surface area contributed by atoms with Gasteiger partial charge in [-0.05, 0) is 43.6 Å². The van der Waals surface area contributed by atoms with Crippen LogP contribution in [0.5, 0.6) is 0 Å². The third kappa shape index (κ3) is 2.77. The van der Waals surface area contributed by atoms with Crippen molar-refractivity contribution in [1.29, 1.82) is 0 Å². The maximum atomic E-state index is 12.7. The Balaban J connectivity index is 1.80. The first-order valence-corrected chi connectivity index (χ1v) is 7.90. The average Bonchev–Trinajstić information content (AvgIpc) is 2.71. The van der Waals surface area contributed by atoms with Gasteiger partial charge in [0, 0.05) is 23.3 Å². The predicted octanol–water partition coefficient (Wildman–Crippen LogP) is 2.38. The van der Waals surface area contributed by atoms with Gasteiger partial charge in [-0.25, -0.2) is 0 Å². The summed E-state index contributed by atoms with van der Waals surface area (Å²) in [5, 5.41) is 0. The number of piperidine rings is 1. The molecule has 2 aliphatic heterocycles. The van der Waals surface area contributed by atoms with E-state index >= 15 is 0 Å². The van der Waals surface area contributed by atoms with E-state index in [-0.39, 0.29) is 11.3 Å². The number of nitrogens with two attached hydrogens (primary N) is 1. The molecule has 0 spiro atoms. The molecule has 0 atom stereocenters. The molecular weight excluding hydrogens is 262 g/mol. The minimum Gasteiger partial charge on any atom is -0.399 e. The fraction of sp³-hybridized carbons (Fsp3) is 0.588. The number of hydrogen-bond acceptors (Lipinski definition) is 3. The van der Waals surface area contributed by atoms with Gasteiger partial charge in [-0.3, -0.25) is 9.69 Å². The average molecular weight is 287 g/mol. The van der Waals surface area contributed by atoms with E-state index in [9.17, 15) is 4.79 Å². The van der Waals surface area contributed by atoms with Gasteiger partial charge in [0.1, 0.15) is 0 Å². The highest BCUT2D eigenvalue weighted by Crippen LogP contribution is 2.41. The van der Waals surface area contributed by atoms with Crippen molar-refractivity contribution in [2.75, 3.05) is 36.8 Å². The number of hydrogen-bond donors (Lipinski definition) is 1. The van der Waals surface area contributed by atoms with Gasteiger partial charge in [-0.15, -0.1) is 0 Å². The maximum absolute atomic E-state index is 12.7. The topological polar surface area (TPSA) is 49.6 Å². The Kier molecular flexibility index (Phi) is 3.66. The first kappa shape index (κ1) is 14.4. The van der Waals surface area contributed by atoms with Crippen LogP contribution in [0.3, 0.4) is 0 Å². The van der Waals surface area contributed by atoms with Gasteiger partial charge in [0.2, 0.25) is 5.91 Å². The largest absolute Gasteiger partial charge is 0.399 e. The summed E-state index contributed by atoms with van der Waals surface area (Å²) in [6.07, 6.45) is 3.71. The molecule has 0 unspecified atom stereocenters. The smallest absolute Gasteiger partial charge is 0.241 e. The van der Waals surface area contributed by atoms with Gasteiger partial charge in [-0.1, -0.05) is 26.3 Å². The second kappa shape index (κ2) is 5.34. The van der Waals surface area contributed by atoms with Crippen molar-refractivity contribution in [2.45, 2.75) is 38.5 Å². The molecule has 2 N–H and O–H groups in total. The molecule has 0 aromatic heterocycles. The summed E-state index contributed by atoms with van der Waals surface area (Å²) >= 11 is 0. The second-order valence-electron chi connectivity index (χ2n) is 6.98. The summed E-state index contributed by atoms with van der Waals surface area (Å²) in [7, 11) is 0. The fourth-order valence-corrected chi connectivity index (χ4v) is 3.53. The lowest BCUT2D eigenvalue weighted by Crippen LogP contribution is -2.43. The minimum absolute atomic E-state index is 0.000587. The summed E-state index contributed by atoms with van der Waals surface area (Å²) in [4.78, 5) is 16.9. The highest BCUT2D eigenvalue weighted by molar-refractivity contribution is 5.98. The van der Waals surface area contributed by atoms with Crippen molar-refractivity contribution in [3.63, 3.8) is 0 Å². The first-order chi connectivity index (χ1) is 9.97. The number of benzene rings is 1. The molecule has 4 nitrogen and oxygen atoms in total. The third-order valence-corrected chi connectivity index (χ3v) is 4.70. The van der Waals surface area contributed by atoms with E-state index in [1.165, 1.54) is 24.8 Å². The summed E-state index contributed by atoms with van der Waals surface area (Å²) < 4.78 is 0. The molecule has 1 aromatic carbocycles. The van der Waals surface area contributed by atoms with Gasteiger partial charge in [-0.2, -0.15) is 0 Å². The summed E-state index contributed by atoms with van der Waals surface area (Å²) in [6.45, 7) is 7.76. The number of rotatable bonds is 2. The Labute approximate surface area is 126 Å². The van der Waals surface area contributed by atoms with Crippen LogP contribution in [-0.4, -0.2) is 37.0 Å². The molecule has 2 aliphatic rings. The van der Waals surface area contributed by atoms with E-state index in [4.69, 9.17) is 5.73 Å². The van der Waals surface area contributed by atoms with E-state index in [1.54, 1.807) is 0 Å². The highest BCUT2D eigenvalue weighted by Gasteiger charge is 2.38. The zero-order chi connectivity index (χ0) is 15.0. The fourth-order valence-electron chi connectivity index (χ4n) is 3.53. The maximum Gasteiger partial charge on any atom is 0.241 e. The van der Waals surface area contributed by atoms with Gasteiger partial charge in [0.25, 0.3) is 0 Å². The Morgan fingerprint density at radius 3 is 2.67 bits per heavy atom. The van der Waals surface area contributed by atoms with Gasteiger partial charge < -0.3 is 10.6 Å². The number of anilines is 2. The lowest BCUT2D eigenvalue weighted by atomic mass is 9.87. The molecule has 4 heteroatoms. The second-order valence-corrected chi connectivity index (χ2v) is 6.98. The standard InChI is InChI=1S/C17H25N3O/c1-17(2)12-20(15-10-13(18)6-7-14(15)17)16(21)11-19-8-4-3-5-9-19/h6-7,10H,3-5,8-9,11-12,18H2,1-2H3. The van der Waals surface area contributed by atoms with Crippen LogP contribution in [0.1, 0.15) is 38.7 Å². The van der Waals surface area contributed by atoms with Crippen molar-refractivity contribution in [3.8, 4) is 0 Å². The van der Waals surface area contributed by atoms with Crippen molar-refractivity contribution in [3.05, 3.63) is 23.8 Å². The third-order valence-electron chi connectivity index (χ3n) is 4.70. The lowest BCUT2D eigenvalue weighted by Gasteiger charge is -2.28. The van der Waals surface area contributed by atoms with Crippen molar-refractivity contribution < 1.29 is 4.79 Å². The molecule has 0 radical (unpaired) electrons. The lowest BCUT2D eigenvalue weighted by molar-refractivity contribution is -0.120. The SMILES string of the molecule is CC1(C)CN(C(=O)CN2CCCCC2)c2cc(N)ccc21. The Hall–Kier alpha value is -1.55. The summed E-state index contributed by atoms with van der Waals surface area (Å²) in [6, 6.07) is 5.94. The van der Waals surface area contributed by atoms with Crippen LogP contribution in [-0.2, 0) is 10.2 Å². The molecule has 1 amide bonds.